The number of nitrogens with one attached hydrogen (secondary N) is 2. The Labute approximate surface area is 180 Å². The first-order valence-electron chi connectivity index (χ1n) is 10.1. The van der Waals surface area contributed by atoms with Gasteiger partial charge in [0.15, 0.2) is 0 Å². The molecule has 2 amide bonds. The number of carboxylic acid groups (broad SMARTS) is 1. The number of fused-ring (bicyclic) bond motifs is 1. The number of carbonyl (C=O) groups excluding carboxylic acids is 2. The van der Waals surface area contributed by atoms with Gasteiger partial charge >= 0.3 is 5.97 Å². The maximum absolute atomic E-state index is 13.0. The third-order valence-corrected chi connectivity index (χ3v) is 4.98. The molecule has 7 nitrogen and oxygen atoms in total. The number of benzene rings is 2. The van der Waals surface area contributed by atoms with Crippen LogP contribution in [0.15, 0.2) is 66.9 Å². The third kappa shape index (κ3) is 6.37. The zero-order valence-corrected chi connectivity index (χ0v) is 17.2. The van der Waals surface area contributed by atoms with Crippen LogP contribution in [0.1, 0.15) is 25.3 Å². The van der Waals surface area contributed by atoms with Gasteiger partial charge in [0.1, 0.15) is 6.04 Å². The Bertz CT molecular complexity index is 1070. The van der Waals surface area contributed by atoms with Gasteiger partial charge in [-0.25, -0.2) is 0 Å². The molecule has 0 bridgehead atoms. The van der Waals surface area contributed by atoms with Crippen LogP contribution in [0.5, 0.6) is 0 Å². The van der Waals surface area contributed by atoms with Crippen molar-refractivity contribution >= 4 is 34.4 Å². The minimum atomic E-state index is -1.06. The van der Waals surface area contributed by atoms with E-state index in [0.717, 1.165) is 16.5 Å². The van der Waals surface area contributed by atoms with Crippen LogP contribution in [0.4, 0.5) is 5.69 Å². The second-order valence-electron chi connectivity index (χ2n) is 7.49. The Morgan fingerprint density at radius 3 is 2.45 bits per heavy atom. The average molecular weight is 419 g/mol. The second-order valence-corrected chi connectivity index (χ2v) is 7.49. The number of hydrogen-bond acceptors (Lipinski definition) is 4. The molecule has 0 aliphatic heterocycles. The zero-order chi connectivity index (χ0) is 22.2. The first-order chi connectivity index (χ1) is 14.9. The molecule has 3 rings (SSSR count). The molecule has 3 aromatic rings. The number of amides is 2. The Kier molecular flexibility index (Phi) is 7.32. The highest BCUT2D eigenvalue weighted by atomic mass is 16.4. The lowest BCUT2D eigenvalue weighted by Gasteiger charge is -2.20. The summed E-state index contributed by atoms with van der Waals surface area (Å²) in [4.78, 5) is 40.7. The monoisotopic (exact) mass is 419 g/mol. The smallest absolute Gasteiger partial charge is 0.304 e. The molecule has 160 valence electrons. The van der Waals surface area contributed by atoms with Crippen molar-refractivity contribution in [2.45, 2.75) is 32.2 Å². The molecule has 1 heterocycles. The molecule has 3 N–H and O–H groups in total. The van der Waals surface area contributed by atoms with Gasteiger partial charge in [-0.1, -0.05) is 55.5 Å². The summed E-state index contributed by atoms with van der Waals surface area (Å²) in [6.07, 6.45) is 2.24. The van der Waals surface area contributed by atoms with E-state index in [9.17, 15) is 14.4 Å². The first-order valence-corrected chi connectivity index (χ1v) is 10.1. The van der Waals surface area contributed by atoms with Gasteiger partial charge in [-0.3, -0.25) is 19.4 Å². The van der Waals surface area contributed by atoms with E-state index in [4.69, 9.17) is 5.11 Å². The SMILES string of the molecule is CC(CC(=O)O)C(=O)NC(CCc1ccccc1)C(=O)Nc1cnc2ccccc2c1. The molecular weight excluding hydrogens is 394 g/mol. The van der Waals surface area contributed by atoms with E-state index in [0.29, 0.717) is 18.5 Å². The van der Waals surface area contributed by atoms with Crippen molar-refractivity contribution < 1.29 is 19.5 Å². The highest BCUT2D eigenvalue weighted by Gasteiger charge is 2.25. The maximum Gasteiger partial charge on any atom is 0.304 e. The minimum Gasteiger partial charge on any atom is -0.481 e. The van der Waals surface area contributed by atoms with E-state index in [-0.39, 0.29) is 12.3 Å². The van der Waals surface area contributed by atoms with E-state index >= 15 is 0 Å². The lowest BCUT2D eigenvalue weighted by molar-refractivity contribution is -0.141. The summed E-state index contributed by atoms with van der Waals surface area (Å²) >= 11 is 0. The third-order valence-electron chi connectivity index (χ3n) is 4.98. The second kappa shape index (κ2) is 10.3. The van der Waals surface area contributed by atoms with E-state index in [1.807, 2.05) is 60.7 Å². The molecule has 2 unspecified atom stereocenters. The van der Waals surface area contributed by atoms with Crippen molar-refractivity contribution in [3.05, 3.63) is 72.4 Å². The average Bonchev–Trinajstić information content (AvgIpc) is 2.76. The lowest BCUT2D eigenvalue weighted by atomic mass is 10.0. The van der Waals surface area contributed by atoms with Crippen LogP contribution in [0.3, 0.4) is 0 Å². The molecule has 2 atom stereocenters. The molecule has 0 spiro atoms. The number of aliphatic carboxylic acids is 1. The van der Waals surface area contributed by atoms with Crippen LogP contribution in [-0.2, 0) is 20.8 Å². The number of hydrogen-bond donors (Lipinski definition) is 3. The molecular formula is C24H25N3O4. The highest BCUT2D eigenvalue weighted by Crippen LogP contribution is 2.17. The summed E-state index contributed by atoms with van der Waals surface area (Å²) in [5.74, 6) is -2.64. The summed E-state index contributed by atoms with van der Waals surface area (Å²) in [6, 6.07) is 18.2. The highest BCUT2D eigenvalue weighted by molar-refractivity contribution is 5.98. The maximum atomic E-state index is 13.0. The number of anilines is 1. The summed E-state index contributed by atoms with van der Waals surface area (Å²) in [5, 5.41) is 15.4. The fourth-order valence-corrected chi connectivity index (χ4v) is 3.26. The standard InChI is InChI=1S/C24H25N3O4/c1-16(13-22(28)29)23(30)27-21(12-11-17-7-3-2-4-8-17)24(31)26-19-14-18-9-5-6-10-20(18)25-15-19/h2-10,14-16,21H,11-13H2,1H3,(H,26,31)(H,27,30)(H,28,29). The Balaban J connectivity index is 1.73. The largest absolute Gasteiger partial charge is 0.481 e. The topological polar surface area (TPSA) is 108 Å². The van der Waals surface area contributed by atoms with Gasteiger partial charge in [0.2, 0.25) is 11.8 Å². The van der Waals surface area contributed by atoms with E-state index < -0.39 is 23.8 Å². The molecule has 0 saturated heterocycles. The number of rotatable bonds is 9. The predicted octanol–water partition coefficient (Wildman–Crippen LogP) is 3.40. The van der Waals surface area contributed by atoms with E-state index in [1.165, 1.54) is 6.92 Å². The number of nitrogens with zero attached hydrogens (tertiary/aromatic N) is 1. The van der Waals surface area contributed by atoms with Gasteiger partial charge in [-0.2, -0.15) is 0 Å². The quantitative estimate of drug-likeness (QED) is 0.493. The van der Waals surface area contributed by atoms with Crippen LogP contribution in [0.2, 0.25) is 0 Å². The number of aromatic nitrogens is 1. The van der Waals surface area contributed by atoms with Crippen molar-refractivity contribution in [2.24, 2.45) is 5.92 Å². The predicted molar refractivity (Wildman–Crippen MR) is 118 cm³/mol. The van der Waals surface area contributed by atoms with Crippen molar-refractivity contribution in [3.8, 4) is 0 Å². The summed E-state index contributed by atoms with van der Waals surface area (Å²) < 4.78 is 0. The van der Waals surface area contributed by atoms with Gasteiger partial charge in [-0.15, -0.1) is 0 Å². The first kappa shape index (κ1) is 22.0. The van der Waals surface area contributed by atoms with Crippen LogP contribution < -0.4 is 10.6 Å². The molecule has 2 aromatic carbocycles. The molecule has 7 heteroatoms. The van der Waals surface area contributed by atoms with Gasteiger partial charge in [0, 0.05) is 11.3 Å². The normalized spacial score (nSPS) is 12.7. The molecule has 31 heavy (non-hydrogen) atoms. The number of carboxylic acids is 1. The van der Waals surface area contributed by atoms with Crippen LogP contribution >= 0.6 is 0 Å². The van der Waals surface area contributed by atoms with Gasteiger partial charge in [0.25, 0.3) is 0 Å². The summed E-state index contributed by atoms with van der Waals surface area (Å²) in [5.41, 5.74) is 2.39. The van der Waals surface area contributed by atoms with E-state index in [2.05, 4.69) is 15.6 Å². The fourth-order valence-electron chi connectivity index (χ4n) is 3.26. The van der Waals surface area contributed by atoms with E-state index in [1.54, 1.807) is 6.20 Å². The number of aryl methyl sites for hydroxylation is 1. The molecule has 0 saturated carbocycles. The Morgan fingerprint density at radius 1 is 1.00 bits per heavy atom. The zero-order valence-electron chi connectivity index (χ0n) is 17.2. The number of pyridine rings is 1. The summed E-state index contributed by atoms with van der Waals surface area (Å²) in [6.45, 7) is 1.53. The molecule has 1 aromatic heterocycles. The molecule has 0 fully saturated rings. The minimum absolute atomic E-state index is 0.298. The van der Waals surface area contributed by atoms with Crippen molar-refractivity contribution in [3.63, 3.8) is 0 Å². The van der Waals surface area contributed by atoms with Crippen molar-refractivity contribution in [1.29, 1.82) is 0 Å². The van der Waals surface area contributed by atoms with Gasteiger partial charge in [0.05, 0.1) is 23.8 Å². The van der Waals surface area contributed by atoms with Crippen molar-refractivity contribution in [1.82, 2.24) is 10.3 Å². The number of para-hydroxylation sites is 1. The molecule has 0 aliphatic rings. The number of carbonyl (C=O) groups is 3. The molecule has 0 aliphatic carbocycles. The summed E-state index contributed by atoms with van der Waals surface area (Å²) in [7, 11) is 0. The Hall–Kier alpha value is -3.74. The van der Waals surface area contributed by atoms with Gasteiger partial charge in [-0.05, 0) is 30.5 Å². The van der Waals surface area contributed by atoms with Crippen LogP contribution in [-0.4, -0.2) is 33.9 Å². The fraction of sp³-hybridized carbons (Fsp3) is 0.250. The lowest BCUT2D eigenvalue weighted by Crippen LogP contribution is -2.46. The molecule has 0 radical (unpaired) electrons. The van der Waals surface area contributed by atoms with Gasteiger partial charge < -0.3 is 15.7 Å². The Morgan fingerprint density at radius 2 is 1.71 bits per heavy atom. The van der Waals surface area contributed by atoms with Crippen LogP contribution in [0.25, 0.3) is 10.9 Å². The van der Waals surface area contributed by atoms with Crippen molar-refractivity contribution in [2.75, 3.05) is 5.32 Å². The van der Waals surface area contributed by atoms with Crippen LogP contribution in [0, 0.1) is 5.92 Å².